The van der Waals surface area contributed by atoms with E-state index in [0.717, 1.165) is 17.0 Å². The first-order chi connectivity index (χ1) is 10.1. The van der Waals surface area contributed by atoms with Gasteiger partial charge in [0.25, 0.3) is 0 Å². The molecule has 0 spiro atoms. The van der Waals surface area contributed by atoms with Gasteiger partial charge in [0, 0.05) is 18.8 Å². The minimum absolute atomic E-state index is 0.0507. The molecule has 0 saturated heterocycles. The summed E-state index contributed by atoms with van der Waals surface area (Å²) in [6.45, 7) is 1.83. The first-order valence-electron chi connectivity index (χ1n) is 6.64. The van der Waals surface area contributed by atoms with Gasteiger partial charge in [-0.3, -0.25) is 9.48 Å². The molecule has 108 valence electrons. The van der Waals surface area contributed by atoms with Crippen LogP contribution in [0.5, 0.6) is 5.75 Å². The number of ether oxygens (including phenoxy) is 1. The van der Waals surface area contributed by atoms with Gasteiger partial charge in [-0.2, -0.15) is 5.10 Å². The fraction of sp³-hybridized carbons (Fsp3) is 0.176. The van der Waals surface area contributed by atoms with Crippen molar-refractivity contribution < 1.29 is 9.53 Å². The fourth-order valence-electron chi connectivity index (χ4n) is 2.04. The van der Waals surface area contributed by atoms with E-state index in [4.69, 9.17) is 4.74 Å². The van der Waals surface area contributed by atoms with Crippen LogP contribution in [0.25, 0.3) is 6.08 Å². The lowest BCUT2D eigenvalue weighted by atomic mass is 10.1. The van der Waals surface area contributed by atoms with Crippen molar-refractivity contribution in [2.75, 3.05) is 7.11 Å². The molecule has 1 heterocycles. The number of para-hydroxylation sites is 1. The maximum absolute atomic E-state index is 12.0. The Kier molecular flexibility index (Phi) is 4.72. The van der Waals surface area contributed by atoms with Gasteiger partial charge < -0.3 is 4.74 Å². The van der Waals surface area contributed by atoms with Crippen molar-refractivity contribution in [3.63, 3.8) is 0 Å². The van der Waals surface area contributed by atoms with Crippen LogP contribution in [0, 0.1) is 6.92 Å². The number of rotatable bonds is 5. The predicted octanol–water partition coefficient (Wildman–Crippen LogP) is 3.19. The maximum atomic E-state index is 12.0. The molecule has 0 aliphatic heterocycles. The molecule has 0 radical (unpaired) electrons. The van der Waals surface area contributed by atoms with Crippen LogP contribution in [-0.4, -0.2) is 22.7 Å². The van der Waals surface area contributed by atoms with Crippen LogP contribution >= 0.6 is 0 Å². The number of nitrogens with zero attached hydrogens (tertiary/aromatic N) is 2. The predicted molar refractivity (Wildman–Crippen MR) is 83.4 cm³/mol. The summed E-state index contributed by atoms with van der Waals surface area (Å²) in [5, 5.41) is 4.16. The standard InChI is InChI=1S/C17H18N2O2/c1-13-15(12-19(2)18-13)16(20)10-6-4-8-14-9-5-7-11-17(14)21-3/h4-12H,1-3H3/b8-4+,10-6-. The summed E-state index contributed by atoms with van der Waals surface area (Å²) >= 11 is 0. The number of benzene rings is 1. The van der Waals surface area contributed by atoms with Crippen LogP contribution in [0.4, 0.5) is 0 Å². The Morgan fingerprint density at radius 2 is 2.05 bits per heavy atom. The normalized spacial score (nSPS) is 11.4. The van der Waals surface area contributed by atoms with Crippen molar-refractivity contribution >= 4 is 11.9 Å². The van der Waals surface area contributed by atoms with Gasteiger partial charge in [0.05, 0.1) is 18.4 Å². The Balaban J connectivity index is 2.07. The third kappa shape index (κ3) is 3.69. The first-order valence-corrected chi connectivity index (χ1v) is 6.64. The molecular formula is C17H18N2O2. The topological polar surface area (TPSA) is 44.1 Å². The number of methoxy groups -OCH3 is 1. The molecule has 0 N–H and O–H groups in total. The summed E-state index contributed by atoms with van der Waals surface area (Å²) in [5.41, 5.74) is 2.33. The molecule has 21 heavy (non-hydrogen) atoms. The molecule has 0 fully saturated rings. The van der Waals surface area contributed by atoms with Gasteiger partial charge >= 0.3 is 0 Å². The van der Waals surface area contributed by atoms with Gasteiger partial charge in [-0.1, -0.05) is 36.4 Å². The second kappa shape index (κ2) is 6.70. The minimum atomic E-state index is -0.0507. The molecule has 1 aromatic heterocycles. The van der Waals surface area contributed by atoms with Crippen molar-refractivity contribution in [3.05, 3.63) is 65.5 Å². The molecule has 4 heteroatoms. The SMILES string of the molecule is COc1ccccc1/C=C/C=C\C(=O)c1cn(C)nc1C. The summed E-state index contributed by atoms with van der Waals surface area (Å²) in [7, 11) is 3.44. The van der Waals surface area contributed by atoms with E-state index in [1.807, 2.05) is 43.3 Å². The first kappa shape index (κ1) is 14.8. The van der Waals surface area contributed by atoms with E-state index < -0.39 is 0 Å². The third-order valence-corrected chi connectivity index (χ3v) is 3.05. The van der Waals surface area contributed by atoms with E-state index in [1.54, 1.807) is 31.1 Å². The van der Waals surface area contributed by atoms with Gasteiger partial charge in [-0.15, -0.1) is 0 Å². The number of carbonyl (C=O) groups excluding carboxylic acids is 1. The van der Waals surface area contributed by atoms with Gasteiger partial charge in [0.2, 0.25) is 0 Å². The molecule has 0 saturated carbocycles. The van der Waals surface area contributed by atoms with Crippen molar-refractivity contribution in [2.45, 2.75) is 6.92 Å². The number of carbonyl (C=O) groups is 1. The third-order valence-electron chi connectivity index (χ3n) is 3.05. The fourth-order valence-corrected chi connectivity index (χ4v) is 2.04. The molecular weight excluding hydrogens is 264 g/mol. The molecule has 0 aliphatic carbocycles. The molecule has 2 aromatic rings. The lowest BCUT2D eigenvalue weighted by molar-refractivity contribution is 0.104. The molecule has 0 amide bonds. The number of allylic oxidation sites excluding steroid dienone is 3. The van der Waals surface area contributed by atoms with Crippen LogP contribution in [0.3, 0.4) is 0 Å². The smallest absolute Gasteiger partial charge is 0.189 e. The largest absolute Gasteiger partial charge is 0.496 e. The number of hydrogen-bond donors (Lipinski definition) is 0. The summed E-state index contributed by atoms with van der Waals surface area (Å²) in [6.07, 6.45) is 8.71. The molecule has 0 aliphatic rings. The molecule has 2 rings (SSSR count). The Morgan fingerprint density at radius 3 is 2.71 bits per heavy atom. The van der Waals surface area contributed by atoms with Crippen LogP contribution in [0.1, 0.15) is 21.6 Å². The van der Waals surface area contributed by atoms with Gasteiger partial charge in [-0.05, 0) is 19.1 Å². The van der Waals surface area contributed by atoms with E-state index in [-0.39, 0.29) is 5.78 Å². The average molecular weight is 282 g/mol. The Bertz CT molecular complexity index is 697. The number of aryl methyl sites for hydroxylation is 2. The van der Waals surface area contributed by atoms with Gasteiger partial charge in [0.15, 0.2) is 5.78 Å². The Hall–Kier alpha value is -2.62. The summed E-state index contributed by atoms with van der Waals surface area (Å²) in [5.74, 6) is 0.752. The number of ketones is 1. The highest BCUT2D eigenvalue weighted by molar-refractivity contribution is 6.05. The van der Waals surface area contributed by atoms with E-state index in [1.165, 1.54) is 6.08 Å². The molecule has 1 aromatic carbocycles. The number of hydrogen-bond acceptors (Lipinski definition) is 3. The van der Waals surface area contributed by atoms with E-state index in [0.29, 0.717) is 5.56 Å². The summed E-state index contributed by atoms with van der Waals surface area (Å²) < 4.78 is 6.90. The molecule has 4 nitrogen and oxygen atoms in total. The molecule has 0 bridgehead atoms. The average Bonchev–Trinajstić information content (AvgIpc) is 2.82. The van der Waals surface area contributed by atoms with Crippen molar-refractivity contribution in [1.82, 2.24) is 9.78 Å². The van der Waals surface area contributed by atoms with Gasteiger partial charge in [-0.25, -0.2) is 0 Å². The summed E-state index contributed by atoms with van der Waals surface area (Å²) in [6, 6.07) is 7.71. The zero-order valence-corrected chi connectivity index (χ0v) is 12.4. The Labute approximate surface area is 124 Å². The van der Waals surface area contributed by atoms with Crippen LogP contribution in [0.15, 0.2) is 48.7 Å². The number of aromatic nitrogens is 2. The quantitative estimate of drug-likeness (QED) is 0.480. The van der Waals surface area contributed by atoms with Crippen LogP contribution in [0.2, 0.25) is 0 Å². The second-order valence-corrected chi connectivity index (χ2v) is 4.63. The molecule has 0 unspecified atom stereocenters. The zero-order valence-electron chi connectivity index (χ0n) is 12.4. The minimum Gasteiger partial charge on any atom is -0.496 e. The monoisotopic (exact) mass is 282 g/mol. The van der Waals surface area contributed by atoms with Crippen LogP contribution < -0.4 is 4.74 Å². The lowest BCUT2D eigenvalue weighted by Gasteiger charge is -2.02. The van der Waals surface area contributed by atoms with Gasteiger partial charge in [0.1, 0.15) is 5.75 Å². The molecule has 0 atom stereocenters. The zero-order chi connectivity index (χ0) is 15.2. The van der Waals surface area contributed by atoms with E-state index >= 15 is 0 Å². The maximum Gasteiger partial charge on any atom is 0.189 e. The van der Waals surface area contributed by atoms with Crippen LogP contribution in [-0.2, 0) is 7.05 Å². The van der Waals surface area contributed by atoms with Crippen molar-refractivity contribution in [1.29, 1.82) is 0 Å². The van der Waals surface area contributed by atoms with E-state index in [2.05, 4.69) is 5.10 Å². The van der Waals surface area contributed by atoms with Crippen molar-refractivity contribution in [3.8, 4) is 5.75 Å². The second-order valence-electron chi connectivity index (χ2n) is 4.63. The Morgan fingerprint density at radius 1 is 1.29 bits per heavy atom. The van der Waals surface area contributed by atoms with E-state index in [9.17, 15) is 4.79 Å². The summed E-state index contributed by atoms with van der Waals surface area (Å²) in [4.78, 5) is 12.0. The lowest BCUT2D eigenvalue weighted by Crippen LogP contribution is -1.94. The highest BCUT2D eigenvalue weighted by Gasteiger charge is 2.08. The highest BCUT2D eigenvalue weighted by Crippen LogP contribution is 2.18. The highest BCUT2D eigenvalue weighted by atomic mass is 16.5. The van der Waals surface area contributed by atoms with Crippen molar-refractivity contribution in [2.24, 2.45) is 7.05 Å².